The molecule has 3 N–H and O–H groups in total. The second-order valence-electron chi connectivity index (χ2n) is 2.38. The lowest BCUT2D eigenvalue weighted by atomic mass is 10.1. The zero-order valence-electron chi connectivity index (χ0n) is 6.82. The lowest BCUT2D eigenvalue weighted by Crippen LogP contribution is -2.31. The van der Waals surface area contributed by atoms with Crippen LogP contribution in [-0.4, -0.2) is 17.9 Å². The van der Waals surface area contributed by atoms with E-state index in [0.29, 0.717) is 0 Å². The maximum Gasteiger partial charge on any atom is 0.241 e. The minimum absolute atomic E-state index is 0.206. The van der Waals surface area contributed by atoms with Crippen LogP contribution in [0, 0.1) is 0 Å². The van der Waals surface area contributed by atoms with Crippen molar-refractivity contribution in [2.45, 2.75) is 6.04 Å². The Morgan fingerprint density at radius 2 is 2.50 bits per heavy atom. The molecule has 1 heterocycles. The Morgan fingerprint density at radius 3 is 3.00 bits per heavy atom. The largest absolute Gasteiger partial charge is 0.358 e. The summed E-state index contributed by atoms with van der Waals surface area (Å²) in [6.07, 6.45) is 3.22. The van der Waals surface area contributed by atoms with E-state index >= 15 is 0 Å². The molecule has 1 atom stereocenters. The number of hydrogen-bond donors (Lipinski definition) is 2. The SMILES string of the molecule is CNC(=O)C(N)c1cccnc1. The van der Waals surface area contributed by atoms with Crippen molar-refractivity contribution in [1.29, 1.82) is 0 Å². The maximum absolute atomic E-state index is 11.0. The van der Waals surface area contributed by atoms with Crippen molar-refractivity contribution in [3.8, 4) is 0 Å². The van der Waals surface area contributed by atoms with Crippen LogP contribution in [0.4, 0.5) is 0 Å². The number of pyridine rings is 1. The van der Waals surface area contributed by atoms with Crippen molar-refractivity contribution in [3.05, 3.63) is 30.1 Å². The van der Waals surface area contributed by atoms with E-state index in [4.69, 9.17) is 5.73 Å². The fourth-order valence-corrected chi connectivity index (χ4v) is 0.867. The van der Waals surface area contributed by atoms with Gasteiger partial charge in [0.15, 0.2) is 0 Å². The Kier molecular flexibility index (Phi) is 2.76. The number of amides is 1. The van der Waals surface area contributed by atoms with Gasteiger partial charge in [0, 0.05) is 19.4 Å². The van der Waals surface area contributed by atoms with E-state index in [1.54, 1.807) is 31.6 Å². The van der Waals surface area contributed by atoms with Crippen LogP contribution in [0.25, 0.3) is 0 Å². The third kappa shape index (κ3) is 1.79. The summed E-state index contributed by atoms with van der Waals surface area (Å²) >= 11 is 0. The zero-order valence-corrected chi connectivity index (χ0v) is 6.82. The van der Waals surface area contributed by atoms with Crippen molar-refractivity contribution in [2.75, 3.05) is 7.05 Å². The fourth-order valence-electron chi connectivity index (χ4n) is 0.867. The summed E-state index contributed by atoms with van der Waals surface area (Å²) in [5.74, 6) is -0.206. The lowest BCUT2D eigenvalue weighted by Gasteiger charge is -2.08. The van der Waals surface area contributed by atoms with Crippen LogP contribution >= 0.6 is 0 Å². The number of aromatic nitrogens is 1. The van der Waals surface area contributed by atoms with Gasteiger partial charge in [0.05, 0.1) is 0 Å². The summed E-state index contributed by atoms with van der Waals surface area (Å²) in [7, 11) is 1.55. The Bertz CT molecular complexity index is 260. The number of likely N-dealkylation sites (N-methyl/N-ethyl adjacent to an activating group) is 1. The summed E-state index contributed by atoms with van der Waals surface area (Å²) in [6, 6.07) is 2.90. The molecule has 64 valence electrons. The van der Waals surface area contributed by atoms with Gasteiger partial charge >= 0.3 is 0 Å². The minimum atomic E-state index is -0.622. The van der Waals surface area contributed by atoms with Gasteiger partial charge in [-0.25, -0.2) is 0 Å². The van der Waals surface area contributed by atoms with Crippen molar-refractivity contribution < 1.29 is 4.79 Å². The highest BCUT2D eigenvalue weighted by Crippen LogP contribution is 2.06. The summed E-state index contributed by atoms with van der Waals surface area (Å²) < 4.78 is 0. The summed E-state index contributed by atoms with van der Waals surface area (Å²) in [4.78, 5) is 14.9. The molecule has 1 aromatic rings. The normalized spacial score (nSPS) is 12.2. The first kappa shape index (κ1) is 8.67. The molecule has 0 aromatic carbocycles. The first-order chi connectivity index (χ1) is 5.75. The van der Waals surface area contributed by atoms with Crippen molar-refractivity contribution in [1.82, 2.24) is 10.3 Å². The average molecular weight is 165 g/mol. The van der Waals surface area contributed by atoms with E-state index in [1.165, 1.54) is 0 Å². The standard InChI is InChI=1S/C8H11N3O/c1-10-8(12)7(9)6-3-2-4-11-5-6/h2-5,7H,9H2,1H3,(H,10,12). The number of nitrogens with zero attached hydrogens (tertiary/aromatic N) is 1. The maximum atomic E-state index is 11.0. The van der Waals surface area contributed by atoms with E-state index in [0.717, 1.165) is 5.56 Å². The molecule has 0 saturated carbocycles. The molecule has 1 unspecified atom stereocenters. The summed E-state index contributed by atoms with van der Waals surface area (Å²) in [5.41, 5.74) is 6.32. The van der Waals surface area contributed by atoms with E-state index in [1.807, 2.05) is 0 Å². The number of hydrogen-bond acceptors (Lipinski definition) is 3. The van der Waals surface area contributed by atoms with Crippen LogP contribution in [0.5, 0.6) is 0 Å². The average Bonchev–Trinajstić information content (AvgIpc) is 2.17. The van der Waals surface area contributed by atoms with Crippen LogP contribution in [0.2, 0.25) is 0 Å². The van der Waals surface area contributed by atoms with Crippen molar-refractivity contribution >= 4 is 5.91 Å². The fraction of sp³-hybridized carbons (Fsp3) is 0.250. The molecule has 0 saturated heterocycles. The molecule has 1 aromatic heterocycles. The second kappa shape index (κ2) is 3.82. The Balaban J connectivity index is 2.78. The number of carbonyl (C=O) groups is 1. The summed E-state index contributed by atoms with van der Waals surface area (Å²) in [6.45, 7) is 0. The van der Waals surface area contributed by atoms with Crippen molar-refractivity contribution in [2.24, 2.45) is 5.73 Å². The molecule has 4 nitrogen and oxygen atoms in total. The van der Waals surface area contributed by atoms with Crippen molar-refractivity contribution in [3.63, 3.8) is 0 Å². The quantitative estimate of drug-likeness (QED) is 0.639. The van der Waals surface area contributed by atoms with Crippen LogP contribution in [0.1, 0.15) is 11.6 Å². The molecule has 1 rings (SSSR count). The van der Waals surface area contributed by atoms with Crippen LogP contribution in [0.3, 0.4) is 0 Å². The van der Waals surface area contributed by atoms with Crippen LogP contribution < -0.4 is 11.1 Å². The van der Waals surface area contributed by atoms with Gasteiger partial charge in [0.1, 0.15) is 6.04 Å². The van der Waals surface area contributed by atoms with Gasteiger partial charge in [-0.1, -0.05) is 6.07 Å². The third-order valence-corrected chi connectivity index (χ3v) is 1.57. The molecule has 12 heavy (non-hydrogen) atoms. The smallest absolute Gasteiger partial charge is 0.241 e. The predicted octanol–water partition coefficient (Wildman–Crippen LogP) is -0.173. The zero-order chi connectivity index (χ0) is 8.97. The monoisotopic (exact) mass is 165 g/mol. The highest BCUT2D eigenvalue weighted by molar-refractivity contribution is 5.82. The lowest BCUT2D eigenvalue weighted by molar-refractivity contribution is -0.122. The highest BCUT2D eigenvalue weighted by atomic mass is 16.2. The molecule has 0 fully saturated rings. The number of nitrogens with one attached hydrogen (secondary N) is 1. The van der Waals surface area contributed by atoms with Gasteiger partial charge < -0.3 is 11.1 Å². The van der Waals surface area contributed by atoms with Gasteiger partial charge in [-0.15, -0.1) is 0 Å². The molecular formula is C8H11N3O. The van der Waals surface area contributed by atoms with E-state index in [9.17, 15) is 4.79 Å². The third-order valence-electron chi connectivity index (χ3n) is 1.57. The molecule has 4 heteroatoms. The Morgan fingerprint density at radius 1 is 1.75 bits per heavy atom. The van der Waals surface area contributed by atoms with Crippen LogP contribution in [0.15, 0.2) is 24.5 Å². The highest BCUT2D eigenvalue weighted by Gasteiger charge is 2.12. The number of nitrogens with two attached hydrogens (primary N) is 1. The van der Waals surface area contributed by atoms with Gasteiger partial charge in [-0.05, 0) is 11.6 Å². The van der Waals surface area contributed by atoms with E-state index in [2.05, 4.69) is 10.3 Å². The first-order valence-corrected chi connectivity index (χ1v) is 3.63. The molecule has 0 bridgehead atoms. The minimum Gasteiger partial charge on any atom is -0.358 e. The van der Waals surface area contributed by atoms with E-state index in [-0.39, 0.29) is 5.91 Å². The number of rotatable bonds is 2. The Hall–Kier alpha value is -1.42. The Labute approximate surface area is 70.8 Å². The molecule has 0 aliphatic rings. The molecule has 0 radical (unpaired) electrons. The second-order valence-corrected chi connectivity index (χ2v) is 2.38. The van der Waals surface area contributed by atoms with Gasteiger partial charge in [-0.3, -0.25) is 9.78 Å². The van der Waals surface area contributed by atoms with Gasteiger partial charge in [-0.2, -0.15) is 0 Å². The summed E-state index contributed by atoms with van der Waals surface area (Å²) in [5, 5.41) is 2.47. The molecule has 0 aliphatic carbocycles. The molecule has 0 aliphatic heterocycles. The molecular weight excluding hydrogens is 154 g/mol. The van der Waals surface area contributed by atoms with Gasteiger partial charge in [0.25, 0.3) is 0 Å². The molecule has 0 spiro atoms. The van der Waals surface area contributed by atoms with Crippen LogP contribution in [-0.2, 0) is 4.79 Å². The molecule has 1 amide bonds. The number of carbonyl (C=O) groups excluding carboxylic acids is 1. The van der Waals surface area contributed by atoms with Gasteiger partial charge in [0.2, 0.25) is 5.91 Å². The predicted molar refractivity (Wildman–Crippen MR) is 45.2 cm³/mol. The van der Waals surface area contributed by atoms with E-state index < -0.39 is 6.04 Å². The first-order valence-electron chi connectivity index (χ1n) is 3.63. The topological polar surface area (TPSA) is 68.0 Å².